The topological polar surface area (TPSA) is 51.9 Å². The fourth-order valence-corrected chi connectivity index (χ4v) is 2.94. The van der Waals surface area contributed by atoms with Crippen LogP contribution >= 0.6 is 0 Å². The number of benzene rings is 1. The van der Waals surface area contributed by atoms with E-state index in [0.29, 0.717) is 6.61 Å². The third-order valence-electron chi connectivity index (χ3n) is 4.23. The zero-order valence-electron chi connectivity index (χ0n) is 13.5. The zero-order chi connectivity index (χ0) is 16.2. The highest BCUT2D eigenvalue weighted by atomic mass is 16.5. The van der Waals surface area contributed by atoms with Crippen molar-refractivity contribution in [2.75, 3.05) is 26.3 Å². The molecule has 0 saturated carbocycles. The second-order valence-electron chi connectivity index (χ2n) is 5.83. The molecule has 3 heterocycles. The van der Waals surface area contributed by atoms with Crippen molar-refractivity contribution in [2.45, 2.75) is 13.2 Å². The maximum atomic E-state index is 6.10. The van der Waals surface area contributed by atoms with E-state index in [-0.39, 0.29) is 0 Å². The molecule has 2 aromatic heterocycles. The Balaban J connectivity index is 1.49. The van der Waals surface area contributed by atoms with E-state index < -0.39 is 0 Å². The highest BCUT2D eigenvalue weighted by Gasteiger charge is 2.13. The van der Waals surface area contributed by atoms with Gasteiger partial charge in [-0.1, -0.05) is 24.3 Å². The van der Waals surface area contributed by atoms with E-state index in [9.17, 15) is 0 Å². The lowest BCUT2D eigenvalue weighted by atomic mass is 10.2. The fourth-order valence-electron chi connectivity index (χ4n) is 2.94. The number of aromatic nitrogens is 3. The summed E-state index contributed by atoms with van der Waals surface area (Å²) in [6.45, 7) is 4.88. The minimum absolute atomic E-state index is 0.459. The molecule has 0 unspecified atom stereocenters. The van der Waals surface area contributed by atoms with Crippen LogP contribution in [-0.4, -0.2) is 45.8 Å². The summed E-state index contributed by atoms with van der Waals surface area (Å²) in [4.78, 5) is 6.60. The van der Waals surface area contributed by atoms with Gasteiger partial charge in [-0.15, -0.1) is 0 Å². The summed E-state index contributed by atoms with van der Waals surface area (Å²) in [5.41, 5.74) is 3.01. The maximum absolute atomic E-state index is 6.10. The number of morpholine rings is 1. The average molecular weight is 324 g/mol. The summed E-state index contributed by atoms with van der Waals surface area (Å²) in [6.07, 6.45) is 1.56. The number of hydrogen-bond acceptors (Lipinski definition) is 5. The highest BCUT2D eigenvalue weighted by molar-refractivity contribution is 5.38. The molecular formula is C18H20N4O2. The Bertz CT molecular complexity index is 811. The molecule has 1 aliphatic rings. The van der Waals surface area contributed by atoms with Crippen LogP contribution in [0.2, 0.25) is 0 Å². The molecule has 0 spiro atoms. The Morgan fingerprint density at radius 1 is 1.04 bits per heavy atom. The zero-order valence-corrected chi connectivity index (χ0v) is 13.5. The van der Waals surface area contributed by atoms with Crippen molar-refractivity contribution >= 4 is 5.65 Å². The van der Waals surface area contributed by atoms with Gasteiger partial charge in [-0.3, -0.25) is 4.90 Å². The number of fused-ring (bicyclic) bond motifs is 1. The van der Waals surface area contributed by atoms with Crippen molar-refractivity contribution in [2.24, 2.45) is 0 Å². The van der Waals surface area contributed by atoms with Crippen LogP contribution in [-0.2, 0) is 17.9 Å². The molecule has 1 fully saturated rings. The number of para-hydroxylation sites is 1. The van der Waals surface area contributed by atoms with Gasteiger partial charge in [0.1, 0.15) is 18.7 Å². The van der Waals surface area contributed by atoms with Gasteiger partial charge in [0.2, 0.25) is 0 Å². The van der Waals surface area contributed by atoms with E-state index in [1.54, 1.807) is 6.33 Å². The Morgan fingerprint density at radius 2 is 1.92 bits per heavy atom. The number of nitrogens with zero attached hydrogens (tertiary/aromatic N) is 4. The van der Waals surface area contributed by atoms with Crippen molar-refractivity contribution in [3.8, 4) is 5.75 Å². The molecule has 6 nitrogen and oxygen atoms in total. The molecule has 0 bridgehead atoms. The second-order valence-corrected chi connectivity index (χ2v) is 5.83. The Hall–Kier alpha value is -2.44. The van der Waals surface area contributed by atoms with E-state index in [2.05, 4.69) is 27.1 Å². The molecule has 1 saturated heterocycles. The van der Waals surface area contributed by atoms with Gasteiger partial charge < -0.3 is 9.47 Å². The number of ether oxygens (including phenoxy) is 2. The van der Waals surface area contributed by atoms with Gasteiger partial charge in [0, 0.05) is 25.2 Å². The summed E-state index contributed by atoms with van der Waals surface area (Å²) >= 11 is 0. The maximum Gasteiger partial charge on any atom is 0.155 e. The summed E-state index contributed by atoms with van der Waals surface area (Å²) < 4.78 is 13.3. The fraction of sp³-hybridized carbons (Fsp3) is 0.333. The molecule has 0 atom stereocenters. The molecule has 4 rings (SSSR count). The van der Waals surface area contributed by atoms with E-state index >= 15 is 0 Å². The average Bonchev–Trinajstić information content (AvgIpc) is 3.11. The third-order valence-corrected chi connectivity index (χ3v) is 4.23. The number of rotatable bonds is 5. The summed E-state index contributed by atoms with van der Waals surface area (Å²) in [6, 6.07) is 14.1. The number of hydrogen-bond donors (Lipinski definition) is 0. The summed E-state index contributed by atoms with van der Waals surface area (Å²) in [5, 5.41) is 4.25. The highest BCUT2D eigenvalue weighted by Crippen LogP contribution is 2.21. The largest absolute Gasteiger partial charge is 0.487 e. The Kier molecular flexibility index (Phi) is 4.40. The molecule has 1 aromatic carbocycles. The predicted octanol–water partition coefficient (Wildman–Crippen LogP) is 2.14. The smallest absolute Gasteiger partial charge is 0.155 e. The van der Waals surface area contributed by atoms with Crippen LogP contribution in [0.15, 0.2) is 48.8 Å². The van der Waals surface area contributed by atoms with Gasteiger partial charge in [-0.25, -0.2) is 9.50 Å². The quantitative estimate of drug-likeness (QED) is 0.720. The summed E-state index contributed by atoms with van der Waals surface area (Å²) in [7, 11) is 0. The SMILES string of the molecule is c1ccc(OCc2cccc3ncnn23)c(CN2CCOCC2)c1. The monoisotopic (exact) mass is 324 g/mol. The molecule has 0 aliphatic carbocycles. The predicted molar refractivity (Wildman–Crippen MR) is 89.9 cm³/mol. The van der Waals surface area contributed by atoms with E-state index in [1.807, 2.05) is 34.8 Å². The first-order valence-corrected chi connectivity index (χ1v) is 8.18. The molecule has 0 amide bonds. The minimum Gasteiger partial charge on any atom is -0.487 e. The van der Waals surface area contributed by atoms with Gasteiger partial charge in [-0.2, -0.15) is 5.10 Å². The van der Waals surface area contributed by atoms with Gasteiger partial charge in [0.05, 0.1) is 18.9 Å². The molecule has 24 heavy (non-hydrogen) atoms. The Morgan fingerprint density at radius 3 is 2.83 bits per heavy atom. The molecule has 0 radical (unpaired) electrons. The van der Waals surface area contributed by atoms with Crippen molar-refractivity contribution < 1.29 is 9.47 Å². The number of pyridine rings is 1. The molecule has 3 aromatic rings. The van der Waals surface area contributed by atoms with E-state index in [1.165, 1.54) is 5.56 Å². The first kappa shape index (κ1) is 15.1. The van der Waals surface area contributed by atoms with Crippen LogP contribution in [0.4, 0.5) is 0 Å². The first-order chi connectivity index (χ1) is 11.9. The normalized spacial score (nSPS) is 15.7. The van der Waals surface area contributed by atoms with Crippen LogP contribution in [0.1, 0.15) is 11.3 Å². The van der Waals surface area contributed by atoms with Crippen LogP contribution in [0.5, 0.6) is 5.75 Å². The minimum atomic E-state index is 0.459. The van der Waals surface area contributed by atoms with Crippen molar-refractivity contribution in [3.63, 3.8) is 0 Å². The Labute approximate surface area is 140 Å². The summed E-state index contributed by atoms with van der Waals surface area (Å²) in [5.74, 6) is 0.918. The lowest BCUT2D eigenvalue weighted by Crippen LogP contribution is -2.35. The van der Waals surface area contributed by atoms with Crippen LogP contribution in [0.25, 0.3) is 5.65 Å². The van der Waals surface area contributed by atoms with Crippen molar-refractivity contribution in [1.82, 2.24) is 19.5 Å². The van der Waals surface area contributed by atoms with Crippen molar-refractivity contribution in [3.05, 3.63) is 60.0 Å². The third kappa shape index (κ3) is 3.25. The standard InChI is InChI=1S/C18H20N4O2/c1-2-6-17(15(4-1)12-21-8-10-23-11-9-21)24-13-16-5-3-7-18-19-14-20-22(16)18/h1-7,14H,8-13H2. The second kappa shape index (κ2) is 6.98. The lowest BCUT2D eigenvalue weighted by Gasteiger charge is -2.27. The first-order valence-electron chi connectivity index (χ1n) is 8.18. The molecule has 124 valence electrons. The van der Waals surface area contributed by atoms with Crippen LogP contribution in [0, 0.1) is 0 Å². The molecule has 1 aliphatic heterocycles. The van der Waals surface area contributed by atoms with Crippen LogP contribution < -0.4 is 4.74 Å². The van der Waals surface area contributed by atoms with Gasteiger partial charge in [0.15, 0.2) is 5.65 Å². The molecule has 6 heteroatoms. The van der Waals surface area contributed by atoms with Gasteiger partial charge in [0.25, 0.3) is 0 Å². The van der Waals surface area contributed by atoms with Gasteiger partial charge >= 0.3 is 0 Å². The molecular weight excluding hydrogens is 304 g/mol. The van der Waals surface area contributed by atoms with E-state index in [0.717, 1.165) is 49.9 Å². The molecule has 0 N–H and O–H groups in total. The van der Waals surface area contributed by atoms with Crippen molar-refractivity contribution in [1.29, 1.82) is 0 Å². The van der Waals surface area contributed by atoms with Gasteiger partial charge in [-0.05, 0) is 18.2 Å². The lowest BCUT2D eigenvalue weighted by molar-refractivity contribution is 0.0337. The van der Waals surface area contributed by atoms with Crippen LogP contribution in [0.3, 0.4) is 0 Å². The van der Waals surface area contributed by atoms with E-state index in [4.69, 9.17) is 9.47 Å².